The van der Waals surface area contributed by atoms with Crippen LogP contribution in [0.15, 0.2) is 48.5 Å². The van der Waals surface area contributed by atoms with Gasteiger partial charge < -0.3 is 14.8 Å². The molecule has 0 bridgehead atoms. The molecule has 0 saturated carbocycles. The molecule has 166 valence electrons. The predicted octanol–water partition coefficient (Wildman–Crippen LogP) is 3.76. The van der Waals surface area contributed by atoms with Gasteiger partial charge in [-0.05, 0) is 41.8 Å². The van der Waals surface area contributed by atoms with Gasteiger partial charge in [-0.25, -0.2) is 5.48 Å². The minimum absolute atomic E-state index is 0.0710. The average molecular weight is 447 g/mol. The first-order chi connectivity index (χ1) is 14.9. The van der Waals surface area contributed by atoms with Gasteiger partial charge in [-0.15, -0.1) is 0 Å². The molecule has 0 aliphatic carbocycles. The zero-order chi connectivity index (χ0) is 22.6. The van der Waals surface area contributed by atoms with Crippen LogP contribution in [0, 0.1) is 5.92 Å². The number of hydrogen-bond donors (Lipinski definition) is 3. The molecule has 2 amide bonds. The Hall–Kier alpha value is -2.71. The number of carbonyl (C=O) groups is 2. The van der Waals surface area contributed by atoms with Gasteiger partial charge in [0.2, 0.25) is 5.91 Å². The lowest BCUT2D eigenvalue weighted by atomic mass is 10.0. The van der Waals surface area contributed by atoms with Crippen molar-refractivity contribution in [1.29, 1.82) is 0 Å². The molecule has 0 spiro atoms. The monoisotopic (exact) mass is 446 g/mol. The summed E-state index contributed by atoms with van der Waals surface area (Å²) in [7, 11) is 1.50. The number of amides is 2. The summed E-state index contributed by atoms with van der Waals surface area (Å²) in [5, 5.41) is 12.4. The lowest BCUT2D eigenvalue weighted by Crippen LogP contribution is -2.41. The van der Waals surface area contributed by atoms with Gasteiger partial charge in [0, 0.05) is 23.6 Å². The summed E-state index contributed by atoms with van der Waals surface area (Å²) in [6, 6.07) is 14.2. The molecule has 31 heavy (non-hydrogen) atoms. The number of hydrogen-bond acceptors (Lipinski definition) is 5. The van der Waals surface area contributed by atoms with Gasteiger partial charge in [0.15, 0.2) is 0 Å². The Labute approximate surface area is 187 Å². The minimum atomic E-state index is -0.525. The summed E-state index contributed by atoms with van der Waals surface area (Å²) in [5.74, 6) is -1.32. The van der Waals surface area contributed by atoms with Gasteiger partial charge in [0.1, 0.15) is 6.79 Å². The van der Waals surface area contributed by atoms with E-state index in [0.717, 1.165) is 11.1 Å². The third-order valence-corrected chi connectivity index (χ3v) is 4.81. The SMILES string of the molecule is COCOCC(CC(C)C(=O)NO)NC(=O)c1ccc(C=Cc2ccc(Cl)cc2)cc1. The standard InChI is InChI=1S/C23H27ClN2O5/c1-16(22(27)26-29)13-21(14-31-15-30-2)25-23(28)19-9-5-17(6-10-19)3-4-18-7-11-20(24)12-8-18/h3-12,16,21,29H,13-15H2,1-2H3,(H,25,28)(H,26,27). The fourth-order valence-corrected chi connectivity index (χ4v) is 2.99. The summed E-state index contributed by atoms with van der Waals surface area (Å²) < 4.78 is 10.2. The molecule has 2 rings (SSSR count). The molecule has 0 saturated heterocycles. The summed E-state index contributed by atoms with van der Waals surface area (Å²) in [4.78, 5) is 24.3. The highest BCUT2D eigenvalue weighted by molar-refractivity contribution is 6.30. The maximum atomic E-state index is 12.7. The molecule has 3 N–H and O–H groups in total. The molecule has 0 aliphatic heterocycles. The van der Waals surface area contributed by atoms with Crippen LogP contribution in [0.5, 0.6) is 0 Å². The van der Waals surface area contributed by atoms with Crippen LogP contribution in [0.4, 0.5) is 0 Å². The first kappa shape index (κ1) is 24.6. The van der Waals surface area contributed by atoms with E-state index in [4.69, 9.17) is 26.3 Å². The van der Waals surface area contributed by atoms with Crippen molar-refractivity contribution in [3.63, 3.8) is 0 Å². The van der Waals surface area contributed by atoms with Gasteiger partial charge >= 0.3 is 0 Å². The molecule has 2 atom stereocenters. The van der Waals surface area contributed by atoms with Crippen LogP contribution < -0.4 is 10.8 Å². The van der Waals surface area contributed by atoms with Crippen molar-refractivity contribution < 1.29 is 24.3 Å². The fraction of sp³-hybridized carbons (Fsp3) is 0.304. The Bertz CT molecular complexity index is 869. The van der Waals surface area contributed by atoms with Gasteiger partial charge in [-0.1, -0.05) is 54.9 Å². The van der Waals surface area contributed by atoms with Crippen molar-refractivity contribution in [2.75, 3.05) is 20.5 Å². The molecule has 0 radical (unpaired) electrons. The van der Waals surface area contributed by atoms with Gasteiger partial charge in [0.25, 0.3) is 5.91 Å². The van der Waals surface area contributed by atoms with Crippen LogP contribution in [0.3, 0.4) is 0 Å². The van der Waals surface area contributed by atoms with E-state index in [1.54, 1.807) is 24.5 Å². The second-order valence-electron chi connectivity index (χ2n) is 7.07. The van der Waals surface area contributed by atoms with Crippen LogP contribution in [0.1, 0.15) is 34.8 Å². The first-order valence-corrected chi connectivity index (χ1v) is 10.2. The van der Waals surface area contributed by atoms with Crippen LogP contribution in [0.2, 0.25) is 5.02 Å². The molecule has 8 heteroatoms. The highest BCUT2D eigenvalue weighted by Crippen LogP contribution is 2.14. The Morgan fingerprint density at radius 1 is 1.06 bits per heavy atom. The Morgan fingerprint density at radius 2 is 1.65 bits per heavy atom. The Kier molecular flexibility index (Phi) is 10.2. The van der Waals surface area contributed by atoms with E-state index in [-0.39, 0.29) is 19.3 Å². The molecule has 0 heterocycles. The third-order valence-electron chi connectivity index (χ3n) is 4.56. The van der Waals surface area contributed by atoms with E-state index in [0.29, 0.717) is 17.0 Å². The quantitative estimate of drug-likeness (QED) is 0.160. The number of nitrogens with one attached hydrogen (secondary N) is 2. The van der Waals surface area contributed by atoms with E-state index in [1.165, 1.54) is 7.11 Å². The van der Waals surface area contributed by atoms with E-state index in [2.05, 4.69) is 5.32 Å². The molecule has 7 nitrogen and oxygen atoms in total. The van der Waals surface area contributed by atoms with Crippen LogP contribution in [-0.4, -0.2) is 43.6 Å². The lowest BCUT2D eigenvalue weighted by molar-refractivity contribution is -0.133. The topological polar surface area (TPSA) is 96.9 Å². The van der Waals surface area contributed by atoms with Gasteiger partial charge in [-0.3, -0.25) is 14.8 Å². The summed E-state index contributed by atoms with van der Waals surface area (Å²) in [6.07, 6.45) is 4.20. The molecular weight excluding hydrogens is 420 g/mol. The van der Waals surface area contributed by atoms with Crippen LogP contribution in [-0.2, 0) is 14.3 Å². The number of benzene rings is 2. The second-order valence-corrected chi connectivity index (χ2v) is 7.50. The first-order valence-electron chi connectivity index (χ1n) is 9.78. The summed E-state index contributed by atoms with van der Waals surface area (Å²) >= 11 is 5.89. The van der Waals surface area contributed by atoms with Crippen LogP contribution >= 0.6 is 11.6 Å². The molecular formula is C23H27ClN2O5. The van der Waals surface area contributed by atoms with Crippen molar-refractivity contribution in [3.05, 3.63) is 70.2 Å². The highest BCUT2D eigenvalue weighted by atomic mass is 35.5. The maximum Gasteiger partial charge on any atom is 0.251 e. The van der Waals surface area contributed by atoms with Gasteiger partial charge in [0.05, 0.1) is 12.6 Å². The molecule has 0 aliphatic rings. The molecule has 0 aromatic heterocycles. The minimum Gasteiger partial charge on any atom is -0.359 e. The van der Waals surface area contributed by atoms with Crippen LogP contribution in [0.25, 0.3) is 12.2 Å². The molecule has 0 fully saturated rings. The van der Waals surface area contributed by atoms with Crippen molar-refractivity contribution in [3.8, 4) is 0 Å². The fourth-order valence-electron chi connectivity index (χ4n) is 2.87. The maximum absolute atomic E-state index is 12.7. The number of carbonyl (C=O) groups excluding carboxylic acids is 2. The number of halogens is 1. The number of rotatable bonds is 11. The van der Waals surface area contributed by atoms with Crippen molar-refractivity contribution >= 4 is 35.6 Å². The smallest absolute Gasteiger partial charge is 0.251 e. The predicted molar refractivity (Wildman–Crippen MR) is 120 cm³/mol. The number of methoxy groups -OCH3 is 1. The van der Waals surface area contributed by atoms with E-state index < -0.39 is 17.9 Å². The Balaban J connectivity index is 1.99. The van der Waals surface area contributed by atoms with E-state index in [9.17, 15) is 9.59 Å². The van der Waals surface area contributed by atoms with E-state index >= 15 is 0 Å². The van der Waals surface area contributed by atoms with Crippen molar-refractivity contribution in [1.82, 2.24) is 10.8 Å². The highest BCUT2D eigenvalue weighted by Gasteiger charge is 2.21. The van der Waals surface area contributed by atoms with Gasteiger partial charge in [-0.2, -0.15) is 0 Å². The zero-order valence-electron chi connectivity index (χ0n) is 17.5. The lowest BCUT2D eigenvalue weighted by Gasteiger charge is -2.21. The Morgan fingerprint density at radius 3 is 2.19 bits per heavy atom. The summed E-state index contributed by atoms with van der Waals surface area (Å²) in [6.45, 7) is 1.90. The second kappa shape index (κ2) is 12.9. The third kappa shape index (κ3) is 8.51. The molecule has 2 aromatic rings. The van der Waals surface area contributed by atoms with E-state index in [1.807, 2.05) is 48.6 Å². The average Bonchev–Trinajstić information content (AvgIpc) is 2.78. The van der Waals surface area contributed by atoms with Crippen molar-refractivity contribution in [2.45, 2.75) is 19.4 Å². The van der Waals surface area contributed by atoms with Crippen molar-refractivity contribution in [2.24, 2.45) is 5.92 Å². The summed E-state index contributed by atoms with van der Waals surface area (Å²) in [5.41, 5.74) is 4.07. The normalized spacial score (nSPS) is 13.0. The zero-order valence-corrected chi connectivity index (χ0v) is 18.3. The number of hydroxylamine groups is 1. The molecule has 2 unspecified atom stereocenters. The number of ether oxygens (including phenoxy) is 2. The molecule has 2 aromatic carbocycles. The largest absolute Gasteiger partial charge is 0.359 e.